The summed E-state index contributed by atoms with van der Waals surface area (Å²) in [6, 6.07) is 4.12. The Morgan fingerprint density at radius 1 is 1.00 bits per heavy atom. The Labute approximate surface area is 154 Å². The van der Waals surface area contributed by atoms with E-state index < -0.39 is 11.6 Å². The second kappa shape index (κ2) is 8.91. The molecular weight excluding hydrogens is 336 g/mol. The van der Waals surface area contributed by atoms with Crippen molar-refractivity contribution in [1.82, 2.24) is 14.7 Å². The summed E-state index contributed by atoms with van der Waals surface area (Å²) in [5.41, 5.74) is 0.640. The third-order valence-corrected chi connectivity index (χ3v) is 5.59. The number of nitrogens with zero attached hydrogens (tertiary/aromatic N) is 3. The van der Waals surface area contributed by atoms with Crippen LogP contribution >= 0.6 is 0 Å². The van der Waals surface area contributed by atoms with Crippen molar-refractivity contribution in [1.29, 1.82) is 0 Å². The van der Waals surface area contributed by atoms with Gasteiger partial charge in [-0.1, -0.05) is 0 Å². The lowest BCUT2D eigenvalue weighted by molar-refractivity contribution is -0.133. The molecule has 144 valence electrons. The normalized spacial score (nSPS) is 20.5. The van der Waals surface area contributed by atoms with Crippen LogP contribution < -0.4 is 0 Å². The maximum absolute atomic E-state index is 13.3. The molecule has 2 saturated heterocycles. The molecule has 0 aliphatic carbocycles. The molecule has 2 aliphatic heterocycles. The Morgan fingerprint density at radius 2 is 1.62 bits per heavy atom. The summed E-state index contributed by atoms with van der Waals surface area (Å²) < 4.78 is 26.6. The molecule has 6 heteroatoms. The zero-order valence-corrected chi connectivity index (χ0v) is 15.6. The number of piperazine rings is 1. The van der Waals surface area contributed by atoms with Crippen LogP contribution in [0.4, 0.5) is 8.78 Å². The molecule has 0 spiro atoms. The fraction of sp³-hybridized carbons (Fsp3) is 0.650. The number of hydrogen-bond acceptors (Lipinski definition) is 3. The van der Waals surface area contributed by atoms with E-state index in [0.717, 1.165) is 38.7 Å². The molecule has 0 aromatic heterocycles. The van der Waals surface area contributed by atoms with E-state index in [1.807, 2.05) is 4.90 Å². The van der Waals surface area contributed by atoms with Crippen LogP contribution in [0.1, 0.15) is 38.2 Å². The quantitative estimate of drug-likeness (QED) is 0.776. The van der Waals surface area contributed by atoms with E-state index in [9.17, 15) is 13.6 Å². The predicted octanol–water partition coefficient (Wildman–Crippen LogP) is 2.87. The molecule has 4 nitrogen and oxygen atoms in total. The Balaban J connectivity index is 1.40. The molecule has 0 saturated carbocycles. The van der Waals surface area contributed by atoms with Crippen LogP contribution in [0.25, 0.3) is 0 Å². The van der Waals surface area contributed by atoms with Gasteiger partial charge in [-0.05, 0) is 57.0 Å². The van der Waals surface area contributed by atoms with Crippen LogP contribution in [0.15, 0.2) is 18.2 Å². The highest BCUT2D eigenvalue weighted by molar-refractivity contribution is 5.76. The number of carbonyl (C=O) groups is 1. The van der Waals surface area contributed by atoms with Gasteiger partial charge in [-0.2, -0.15) is 0 Å². The van der Waals surface area contributed by atoms with Gasteiger partial charge < -0.3 is 9.80 Å². The molecule has 1 amide bonds. The van der Waals surface area contributed by atoms with Crippen LogP contribution in [-0.2, 0) is 11.3 Å². The molecule has 2 aliphatic rings. The summed E-state index contributed by atoms with van der Waals surface area (Å²) >= 11 is 0. The van der Waals surface area contributed by atoms with Crippen molar-refractivity contribution in [3.63, 3.8) is 0 Å². The standard InChI is InChI=1S/C20H29F2N3O/c1-16(24-6-2-3-7-24)4-5-20(26)25-10-8-23(9-11-25)15-17-12-18(21)14-19(22)13-17/h12-14,16H,2-11,15H2,1H3/t16-/m1/s1. The highest BCUT2D eigenvalue weighted by Gasteiger charge is 2.23. The predicted molar refractivity (Wildman–Crippen MR) is 97.7 cm³/mol. The van der Waals surface area contributed by atoms with Crippen molar-refractivity contribution in [2.75, 3.05) is 39.3 Å². The molecule has 0 radical (unpaired) electrons. The molecule has 1 aromatic carbocycles. The highest BCUT2D eigenvalue weighted by atomic mass is 19.1. The van der Waals surface area contributed by atoms with Crippen LogP contribution in [-0.4, -0.2) is 65.9 Å². The van der Waals surface area contributed by atoms with E-state index in [-0.39, 0.29) is 5.91 Å². The maximum atomic E-state index is 13.3. The van der Waals surface area contributed by atoms with E-state index in [1.54, 1.807) is 0 Å². The summed E-state index contributed by atoms with van der Waals surface area (Å²) in [4.78, 5) is 19.0. The lowest BCUT2D eigenvalue weighted by atomic mass is 10.1. The number of likely N-dealkylation sites (tertiary alicyclic amines) is 1. The van der Waals surface area contributed by atoms with Gasteiger partial charge in [-0.3, -0.25) is 9.69 Å². The zero-order valence-electron chi connectivity index (χ0n) is 15.6. The van der Waals surface area contributed by atoms with Gasteiger partial charge in [0.25, 0.3) is 0 Å². The minimum absolute atomic E-state index is 0.229. The van der Waals surface area contributed by atoms with Crippen LogP contribution in [0.2, 0.25) is 0 Å². The minimum Gasteiger partial charge on any atom is -0.340 e. The lowest BCUT2D eigenvalue weighted by Crippen LogP contribution is -2.48. The molecule has 2 fully saturated rings. The smallest absolute Gasteiger partial charge is 0.222 e. The monoisotopic (exact) mass is 365 g/mol. The van der Waals surface area contributed by atoms with E-state index in [1.165, 1.54) is 25.0 Å². The fourth-order valence-corrected chi connectivity index (χ4v) is 3.97. The summed E-state index contributed by atoms with van der Waals surface area (Å²) in [7, 11) is 0. The van der Waals surface area contributed by atoms with Crippen molar-refractivity contribution in [3.8, 4) is 0 Å². The zero-order chi connectivity index (χ0) is 18.5. The van der Waals surface area contributed by atoms with Crippen molar-refractivity contribution >= 4 is 5.91 Å². The molecule has 1 atom stereocenters. The molecule has 3 rings (SSSR count). The lowest BCUT2D eigenvalue weighted by Gasteiger charge is -2.35. The fourth-order valence-electron chi connectivity index (χ4n) is 3.97. The van der Waals surface area contributed by atoms with E-state index in [4.69, 9.17) is 0 Å². The Hall–Kier alpha value is -1.53. The molecule has 0 N–H and O–H groups in total. The van der Waals surface area contributed by atoms with Crippen LogP contribution in [0.5, 0.6) is 0 Å². The Morgan fingerprint density at radius 3 is 2.23 bits per heavy atom. The first-order valence-corrected chi connectivity index (χ1v) is 9.70. The van der Waals surface area contributed by atoms with Gasteiger partial charge in [-0.25, -0.2) is 8.78 Å². The first-order valence-electron chi connectivity index (χ1n) is 9.70. The summed E-state index contributed by atoms with van der Waals surface area (Å²) in [6.07, 6.45) is 4.07. The first-order chi connectivity index (χ1) is 12.5. The van der Waals surface area contributed by atoms with E-state index in [2.05, 4.69) is 16.7 Å². The van der Waals surface area contributed by atoms with Gasteiger partial charge in [0.1, 0.15) is 11.6 Å². The molecule has 0 bridgehead atoms. The largest absolute Gasteiger partial charge is 0.340 e. The van der Waals surface area contributed by atoms with E-state index in [0.29, 0.717) is 37.7 Å². The van der Waals surface area contributed by atoms with Crippen molar-refractivity contribution in [2.45, 2.75) is 45.2 Å². The Kier molecular flexibility index (Phi) is 6.59. The SMILES string of the molecule is C[C@H](CCC(=O)N1CCN(Cc2cc(F)cc(F)c2)CC1)N1CCCC1. The third kappa shape index (κ3) is 5.24. The van der Waals surface area contributed by atoms with Crippen LogP contribution in [0.3, 0.4) is 0 Å². The number of carbonyl (C=O) groups excluding carboxylic acids is 1. The van der Waals surface area contributed by atoms with Gasteiger partial charge in [0.15, 0.2) is 0 Å². The van der Waals surface area contributed by atoms with Gasteiger partial charge >= 0.3 is 0 Å². The average molecular weight is 365 g/mol. The molecular formula is C20H29F2N3O. The van der Waals surface area contributed by atoms with Gasteiger partial charge in [0.05, 0.1) is 0 Å². The number of rotatable bonds is 6. The topological polar surface area (TPSA) is 26.8 Å². The second-order valence-electron chi connectivity index (χ2n) is 7.57. The average Bonchev–Trinajstić information content (AvgIpc) is 3.14. The molecule has 0 unspecified atom stereocenters. The van der Waals surface area contributed by atoms with Gasteiger partial charge in [0.2, 0.25) is 5.91 Å². The molecule has 2 heterocycles. The first kappa shape index (κ1) is 19.2. The number of benzene rings is 1. The minimum atomic E-state index is -0.541. The summed E-state index contributed by atoms with van der Waals surface area (Å²) in [5.74, 6) is -0.852. The molecule has 26 heavy (non-hydrogen) atoms. The summed E-state index contributed by atoms with van der Waals surface area (Å²) in [5, 5.41) is 0. The second-order valence-corrected chi connectivity index (χ2v) is 7.57. The highest BCUT2D eigenvalue weighted by Crippen LogP contribution is 2.17. The Bertz CT molecular complexity index is 591. The van der Waals surface area contributed by atoms with Crippen molar-refractivity contribution in [3.05, 3.63) is 35.4 Å². The van der Waals surface area contributed by atoms with Crippen molar-refractivity contribution < 1.29 is 13.6 Å². The van der Waals surface area contributed by atoms with Gasteiger partial charge in [0, 0.05) is 51.3 Å². The van der Waals surface area contributed by atoms with E-state index >= 15 is 0 Å². The van der Waals surface area contributed by atoms with Gasteiger partial charge in [-0.15, -0.1) is 0 Å². The maximum Gasteiger partial charge on any atom is 0.222 e. The number of hydrogen-bond donors (Lipinski definition) is 0. The summed E-state index contributed by atoms with van der Waals surface area (Å²) in [6.45, 7) is 7.92. The number of halogens is 2. The molecule has 1 aromatic rings. The van der Waals surface area contributed by atoms with Crippen molar-refractivity contribution in [2.24, 2.45) is 0 Å². The number of amides is 1. The third-order valence-electron chi connectivity index (χ3n) is 5.59. The van der Waals surface area contributed by atoms with Crippen LogP contribution in [0, 0.1) is 11.6 Å².